The lowest BCUT2D eigenvalue weighted by Crippen LogP contribution is -2.39. The Morgan fingerprint density at radius 1 is 1.29 bits per heavy atom. The number of halogens is 1. The molecule has 1 aliphatic rings. The van der Waals surface area contributed by atoms with E-state index < -0.39 is 5.91 Å². The third-order valence-electron chi connectivity index (χ3n) is 4.15. The van der Waals surface area contributed by atoms with E-state index >= 15 is 0 Å². The topological polar surface area (TPSA) is 75.4 Å². The van der Waals surface area contributed by atoms with Crippen molar-refractivity contribution in [1.29, 1.82) is 0 Å². The number of nitrogens with one attached hydrogen (secondary N) is 1. The van der Waals surface area contributed by atoms with E-state index in [9.17, 15) is 9.59 Å². The first-order chi connectivity index (χ1) is 11.5. The zero-order valence-corrected chi connectivity index (χ0v) is 14.0. The van der Waals surface area contributed by atoms with Crippen LogP contribution in [0, 0.1) is 0 Å². The molecular weight excluding hydrogens is 326 g/mol. The fraction of sp³-hybridized carbons (Fsp3) is 0.222. The molecule has 3 N–H and O–H groups in total. The molecule has 2 aromatic carbocycles. The molecule has 6 heteroatoms. The van der Waals surface area contributed by atoms with Gasteiger partial charge in [-0.05, 0) is 43.2 Å². The van der Waals surface area contributed by atoms with Gasteiger partial charge in [0.15, 0.2) is 0 Å². The summed E-state index contributed by atoms with van der Waals surface area (Å²) in [6.07, 6.45) is 0.843. The molecule has 0 aliphatic carbocycles. The van der Waals surface area contributed by atoms with Crippen molar-refractivity contribution in [2.75, 3.05) is 16.8 Å². The third kappa shape index (κ3) is 3.08. The minimum atomic E-state index is -0.590. The van der Waals surface area contributed by atoms with Crippen LogP contribution in [0.3, 0.4) is 0 Å². The Labute approximate surface area is 145 Å². The Kier molecular flexibility index (Phi) is 4.44. The Morgan fingerprint density at radius 2 is 2.04 bits per heavy atom. The number of benzene rings is 2. The zero-order valence-electron chi connectivity index (χ0n) is 13.3. The number of fused-ring (bicyclic) bond motifs is 1. The van der Waals surface area contributed by atoms with Gasteiger partial charge in [0, 0.05) is 22.4 Å². The highest BCUT2D eigenvalue weighted by Gasteiger charge is 2.30. The van der Waals surface area contributed by atoms with Crippen molar-refractivity contribution in [3.63, 3.8) is 0 Å². The number of amides is 2. The first-order valence-electron chi connectivity index (χ1n) is 7.70. The largest absolute Gasteiger partial charge is 0.375 e. The molecule has 0 radical (unpaired) electrons. The summed E-state index contributed by atoms with van der Waals surface area (Å²) in [4.78, 5) is 26.0. The highest BCUT2D eigenvalue weighted by molar-refractivity contribution is 6.31. The van der Waals surface area contributed by atoms with Crippen molar-refractivity contribution in [2.45, 2.75) is 19.4 Å². The van der Waals surface area contributed by atoms with E-state index in [-0.39, 0.29) is 24.1 Å². The van der Waals surface area contributed by atoms with Crippen LogP contribution in [-0.4, -0.2) is 24.4 Å². The summed E-state index contributed by atoms with van der Waals surface area (Å²) in [5.41, 5.74) is 8.25. The van der Waals surface area contributed by atoms with Crippen molar-refractivity contribution >= 4 is 34.8 Å². The average Bonchev–Trinajstić information content (AvgIpc) is 2.89. The van der Waals surface area contributed by atoms with Crippen LogP contribution in [0.4, 0.5) is 11.4 Å². The Balaban J connectivity index is 1.76. The molecule has 24 heavy (non-hydrogen) atoms. The Hall–Kier alpha value is -2.53. The van der Waals surface area contributed by atoms with Gasteiger partial charge in [-0.15, -0.1) is 0 Å². The lowest BCUT2D eigenvalue weighted by molar-refractivity contribution is -0.117. The number of primary amides is 1. The average molecular weight is 344 g/mol. The molecule has 0 saturated carbocycles. The number of hydrogen-bond donors (Lipinski definition) is 2. The lowest BCUT2D eigenvalue weighted by Gasteiger charge is -2.23. The number of hydrogen-bond acceptors (Lipinski definition) is 3. The van der Waals surface area contributed by atoms with Gasteiger partial charge < -0.3 is 16.0 Å². The highest BCUT2D eigenvalue weighted by atomic mass is 35.5. The van der Waals surface area contributed by atoms with Gasteiger partial charge in [0.05, 0.1) is 12.1 Å². The molecule has 0 bridgehead atoms. The molecule has 1 atom stereocenters. The van der Waals surface area contributed by atoms with Gasteiger partial charge in [-0.2, -0.15) is 0 Å². The standard InChI is InChI=1S/C18H18ClN3O2/c1-11-8-12-4-2-3-5-16(12)22(11)17(23)10-21-15-7-6-13(19)9-14(15)18(20)24/h2-7,9,11,21H,8,10H2,1H3,(H2,20,24). The molecule has 0 spiro atoms. The maximum atomic E-state index is 12.7. The van der Waals surface area contributed by atoms with Crippen LogP contribution in [0.25, 0.3) is 0 Å². The van der Waals surface area contributed by atoms with E-state index in [2.05, 4.69) is 5.32 Å². The number of nitrogens with zero attached hydrogens (tertiary/aromatic N) is 1. The molecule has 124 valence electrons. The van der Waals surface area contributed by atoms with Gasteiger partial charge >= 0.3 is 0 Å². The monoisotopic (exact) mass is 343 g/mol. The summed E-state index contributed by atoms with van der Waals surface area (Å²) in [5, 5.41) is 3.42. The van der Waals surface area contributed by atoms with Crippen LogP contribution >= 0.6 is 11.6 Å². The number of nitrogens with two attached hydrogens (primary N) is 1. The molecule has 5 nitrogen and oxygen atoms in total. The van der Waals surface area contributed by atoms with Crippen LogP contribution in [-0.2, 0) is 11.2 Å². The van der Waals surface area contributed by atoms with Gasteiger partial charge in [0.2, 0.25) is 5.91 Å². The van der Waals surface area contributed by atoms with E-state index in [1.54, 1.807) is 17.0 Å². The van der Waals surface area contributed by atoms with E-state index in [1.807, 2.05) is 31.2 Å². The molecule has 2 aromatic rings. The van der Waals surface area contributed by atoms with Crippen molar-refractivity contribution in [1.82, 2.24) is 0 Å². The van der Waals surface area contributed by atoms with Gasteiger partial charge in [0.25, 0.3) is 5.91 Å². The predicted octanol–water partition coefficient (Wildman–Crippen LogP) is 2.83. The number of carbonyl (C=O) groups excluding carboxylic acids is 2. The molecule has 1 aliphatic heterocycles. The maximum absolute atomic E-state index is 12.7. The van der Waals surface area contributed by atoms with Crippen LogP contribution in [0.15, 0.2) is 42.5 Å². The van der Waals surface area contributed by atoms with Crippen LogP contribution in [0.1, 0.15) is 22.8 Å². The predicted molar refractivity (Wildman–Crippen MR) is 95.6 cm³/mol. The summed E-state index contributed by atoms with van der Waals surface area (Å²) < 4.78 is 0. The first-order valence-corrected chi connectivity index (χ1v) is 8.08. The molecule has 0 saturated heterocycles. The smallest absolute Gasteiger partial charge is 0.250 e. The van der Waals surface area contributed by atoms with Gasteiger partial charge in [-0.25, -0.2) is 0 Å². The molecule has 2 amide bonds. The fourth-order valence-corrected chi connectivity index (χ4v) is 3.25. The second kappa shape index (κ2) is 6.53. The minimum Gasteiger partial charge on any atom is -0.375 e. The second-order valence-electron chi connectivity index (χ2n) is 5.85. The highest BCUT2D eigenvalue weighted by Crippen LogP contribution is 2.31. The Bertz CT molecular complexity index is 807. The summed E-state index contributed by atoms with van der Waals surface area (Å²) in [6, 6.07) is 12.8. The second-order valence-corrected chi connectivity index (χ2v) is 6.29. The van der Waals surface area contributed by atoms with Crippen molar-refractivity contribution in [2.24, 2.45) is 5.73 Å². The van der Waals surface area contributed by atoms with E-state index in [0.717, 1.165) is 12.1 Å². The van der Waals surface area contributed by atoms with Gasteiger partial charge in [-0.1, -0.05) is 29.8 Å². The van der Waals surface area contributed by atoms with Crippen molar-refractivity contribution < 1.29 is 9.59 Å². The molecular formula is C18H18ClN3O2. The maximum Gasteiger partial charge on any atom is 0.250 e. The molecule has 1 heterocycles. The summed E-state index contributed by atoms with van der Waals surface area (Å²) in [5.74, 6) is -0.648. The molecule has 0 aromatic heterocycles. The Morgan fingerprint density at radius 3 is 2.79 bits per heavy atom. The lowest BCUT2D eigenvalue weighted by atomic mass is 10.1. The normalized spacial score (nSPS) is 15.9. The van der Waals surface area contributed by atoms with Gasteiger partial charge in [-0.3, -0.25) is 9.59 Å². The van der Waals surface area contributed by atoms with Crippen LogP contribution in [0.2, 0.25) is 5.02 Å². The SMILES string of the molecule is CC1Cc2ccccc2N1C(=O)CNc1ccc(Cl)cc1C(N)=O. The third-order valence-corrected chi connectivity index (χ3v) is 4.39. The molecule has 0 fully saturated rings. The molecule has 3 rings (SSSR count). The molecule has 1 unspecified atom stereocenters. The number of anilines is 2. The number of rotatable bonds is 4. The van der Waals surface area contributed by atoms with Crippen LogP contribution in [0.5, 0.6) is 0 Å². The number of para-hydroxylation sites is 1. The van der Waals surface area contributed by atoms with Crippen molar-refractivity contribution in [3.8, 4) is 0 Å². The summed E-state index contributed by atoms with van der Waals surface area (Å²) >= 11 is 5.89. The minimum absolute atomic E-state index is 0.0576. The van der Waals surface area contributed by atoms with Gasteiger partial charge in [0.1, 0.15) is 0 Å². The van der Waals surface area contributed by atoms with E-state index in [4.69, 9.17) is 17.3 Å². The fourth-order valence-electron chi connectivity index (χ4n) is 3.08. The number of carbonyl (C=O) groups is 2. The summed E-state index contributed by atoms with van der Waals surface area (Å²) in [6.45, 7) is 2.09. The van der Waals surface area contributed by atoms with E-state index in [1.165, 1.54) is 11.6 Å². The van der Waals surface area contributed by atoms with Crippen LogP contribution < -0.4 is 16.0 Å². The zero-order chi connectivity index (χ0) is 17.3. The quantitative estimate of drug-likeness (QED) is 0.896. The summed E-state index contributed by atoms with van der Waals surface area (Å²) in [7, 11) is 0. The van der Waals surface area contributed by atoms with Crippen molar-refractivity contribution in [3.05, 3.63) is 58.6 Å². The first kappa shape index (κ1) is 16.3. The van der Waals surface area contributed by atoms with E-state index in [0.29, 0.717) is 10.7 Å².